The van der Waals surface area contributed by atoms with Crippen molar-refractivity contribution >= 4 is 92.4 Å². The quantitative estimate of drug-likeness (QED) is 0.145. The van der Waals surface area contributed by atoms with Crippen molar-refractivity contribution in [2.45, 2.75) is 11.7 Å². The van der Waals surface area contributed by atoms with Crippen molar-refractivity contribution in [3.63, 3.8) is 0 Å². The van der Waals surface area contributed by atoms with Crippen molar-refractivity contribution < 1.29 is 76.0 Å². The number of aromatic amines is 2. The minimum atomic E-state index is -0.147. The average molecular weight is 742 g/mol. The molecule has 4 aromatic carbocycles. The number of fused-ring (bicyclic) bond motifs is 10. The molecular formula is C34H23Cl2KN4O5S2. The number of rotatable bonds is 1. The summed E-state index contributed by atoms with van der Waals surface area (Å²) in [5.74, 6) is 1.65. The fraction of sp³-hybridized carbons (Fsp3) is 0.118. The van der Waals surface area contributed by atoms with Gasteiger partial charge in [0.25, 0.3) is 0 Å². The first-order valence-electron chi connectivity index (χ1n) is 14.2. The van der Waals surface area contributed by atoms with Crippen LogP contribution in [0.4, 0.5) is 0 Å². The maximum atomic E-state index is 13.0. The van der Waals surface area contributed by atoms with Gasteiger partial charge in [-0.3, -0.25) is 19.2 Å². The fourth-order valence-corrected chi connectivity index (χ4v) is 7.18. The van der Waals surface area contributed by atoms with Gasteiger partial charge in [-0.15, -0.1) is 23.2 Å². The molecule has 3 aliphatic rings. The van der Waals surface area contributed by atoms with Crippen LogP contribution < -0.4 is 51.4 Å². The summed E-state index contributed by atoms with van der Waals surface area (Å²) in [6.45, 7) is 0.829. The zero-order chi connectivity index (χ0) is 32.1. The summed E-state index contributed by atoms with van der Waals surface area (Å²) in [5.41, 5.74) is 6.66. The molecule has 0 bridgehead atoms. The summed E-state index contributed by atoms with van der Waals surface area (Å²) >= 11 is 16.9. The molecule has 48 heavy (non-hydrogen) atoms. The predicted molar refractivity (Wildman–Crippen MR) is 184 cm³/mol. The Morgan fingerprint density at radius 1 is 0.708 bits per heavy atom. The molecule has 0 atom stereocenters. The number of hydrogen-bond acceptors (Lipinski definition) is 8. The topological polar surface area (TPSA) is 148 Å². The van der Waals surface area contributed by atoms with Gasteiger partial charge in [0.15, 0.2) is 33.1 Å². The summed E-state index contributed by atoms with van der Waals surface area (Å²) in [6.07, 6.45) is 0. The zero-order valence-electron chi connectivity index (χ0n) is 25.3. The Morgan fingerprint density at radius 3 is 1.81 bits per heavy atom. The van der Waals surface area contributed by atoms with E-state index in [-0.39, 0.29) is 80.0 Å². The number of nitrogens with one attached hydrogen (secondary N) is 2. The number of benzene rings is 4. The number of imidazole rings is 2. The van der Waals surface area contributed by atoms with Gasteiger partial charge in [0.2, 0.25) is 0 Å². The Morgan fingerprint density at radius 2 is 1.23 bits per heavy atom. The summed E-state index contributed by atoms with van der Waals surface area (Å²) in [7, 11) is 0. The van der Waals surface area contributed by atoms with E-state index in [0.717, 1.165) is 34.0 Å². The molecule has 0 spiro atoms. The monoisotopic (exact) mass is 740 g/mol. The van der Waals surface area contributed by atoms with E-state index in [1.54, 1.807) is 78.5 Å². The van der Waals surface area contributed by atoms with Crippen LogP contribution in [0.15, 0.2) is 78.0 Å². The minimum Gasteiger partial charge on any atom is -0.870 e. The first kappa shape index (κ1) is 36.5. The largest absolute Gasteiger partial charge is 1.00 e. The number of H-pyrrole nitrogens is 2. The van der Waals surface area contributed by atoms with Crippen molar-refractivity contribution in [1.82, 2.24) is 19.5 Å². The number of nitrogens with zero attached hydrogens (tertiary/aromatic N) is 2. The first-order chi connectivity index (χ1) is 22.3. The SMILES string of the molecule is ClCCCl.O=C1c2ccccc2C(=O)c2c1ccc1[nH]c(=S)[nH]c21.O=C1c2ccccc2C(=O)c2c1ccc1nc3n(c21)CCS3.[K+].[OH-]. The predicted octanol–water partition coefficient (Wildman–Crippen LogP) is 4.21. The standard InChI is InChI=1S/C17H10N2O2S.C15H8N2O2S.C2H4Cl2.K.H2O/c20-15-9-3-1-2-4-10(9)16(21)13-11(15)5-6-12-14(13)19-7-8-22-17(19)18-12;18-13-7-3-1-2-4-8(7)14(19)11-9(13)5-6-10-12(11)17-15(20)16-10;3-1-2-4;;/h1-6H,7-8H2;1-6H,(H2,16,17,20);1-2H2;;1H2/q;;;+1;/p-1. The smallest absolute Gasteiger partial charge is 0.870 e. The van der Waals surface area contributed by atoms with E-state index in [9.17, 15) is 19.2 Å². The van der Waals surface area contributed by atoms with Gasteiger partial charge in [-0.25, -0.2) is 4.98 Å². The van der Waals surface area contributed by atoms with Gasteiger partial charge in [0.05, 0.1) is 33.2 Å². The van der Waals surface area contributed by atoms with Gasteiger partial charge in [-0.2, -0.15) is 0 Å². The second-order valence-corrected chi connectivity index (χ2v) is 12.8. The van der Waals surface area contributed by atoms with Crippen LogP contribution in [0.1, 0.15) is 63.7 Å². The van der Waals surface area contributed by atoms with Crippen LogP contribution in [-0.4, -0.2) is 65.6 Å². The number of aromatic nitrogens is 4. The van der Waals surface area contributed by atoms with Crippen molar-refractivity contribution in [2.24, 2.45) is 0 Å². The van der Waals surface area contributed by atoms with Crippen LogP contribution in [0.2, 0.25) is 0 Å². The van der Waals surface area contributed by atoms with Gasteiger partial charge in [0, 0.05) is 57.4 Å². The maximum Gasteiger partial charge on any atom is 1.00 e. The van der Waals surface area contributed by atoms with Crippen LogP contribution >= 0.6 is 47.2 Å². The molecule has 9 rings (SSSR count). The molecule has 0 fully saturated rings. The van der Waals surface area contributed by atoms with E-state index in [1.165, 1.54) is 0 Å². The Bertz CT molecular complexity index is 2350. The Balaban J connectivity index is 0.000000164. The summed E-state index contributed by atoms with van der Waals surface area (Å²) < 4.78 is 2.50. The molecule has 1 aliphatic heterocycles. The van der Waals surface area contributed by atoms with E-state index in [0.29, 0.717) is 66.6 Å². The molecule has 0 saturated carbocycles. The van der Waals surface area contributed by atoms with Gasteiger partial charge >= 0.3 is 51.4 Å². The molecule has 0 amide bonds. The average Bonchev–Trinajstić information content (AvgIpc) is 3.80. The van der Waals surface area contributed by atoms with Crippen LogP contribution in [0.25, 0.3) is 22.1 Å². The minimum absolute atomic E-state index is 0. The second-order valence-electron chi connectivity index (χ2n) is 10.5. The number of halogens is 2. The molecule has 3 heterocycles. The van der Waals surface area contributed by atoms with Gasteiger partial charge in [-0.05, 0) is 36.5 Å². The van der Waals surface area contributed by atoms with E-state index in [2.05, 4.69) is 19.5 Å². The molecule has 14 heteroatoms. The third-order valence-electron chi connectivity index (χ3n) is 7.96. The molecule has 2 aromatic heterocycles. The zero-order valence-corrected chi connectivity index (χ0v) is 31.6. The Hall–Kier alpha value is -2.75. The van der Waals surface area contributed by atoms with Crippen molar-refractivity contribution in [2.75, 3.05) is 17.5 Å². The van der Waals surface area contributed by atoms with Crippen LogP contribution in [0, 0.1) is 4.77 Å². The summed E-state index contributed by atoms with van der Waals surface area (Å²) in [4.78, 5) is 61.4. The number of ketones is 4. The van der Waals surface area contributed by atoms with E-state index in [1.807, 2.05) is 6.07 Å². The molecule has 3 N–H and O–H groups in total. The second kappa shape index (κ2) is 15.0. The Kier molecular flexibility index (Phi) is 11.4. The van der Waals surface area contributed by atoms with Gasteiger partial charge in [0.1, 0.15) is 0 Å². The Labute approximate surface area is 335 Å². The third kappa shape index (κ3) is 6.13. The maximum absolute atomic E-state index is 13.0. The van der Waals surface area contributed by atoms with E-state index in [4.69, 9.17) is 35.4 Å². The van der Waals surface area contributed by atoms with Crippen LogP contribution in [0.3, 0.4) is 0 Å². The van der Waals surface area contributed by atoms with Crippen molar-refractivity contribution in [3.05, 3.63) is 122 Å². The first-order valence-corrected chi connectivity index (χ1v) is 16.7. The van der Waals surface area contributed by atoms with Gasteiger partial charge in [-0.1, -0.05) is 60.3 Å². The normalized spacial score (nSPS) is 13.5. The molecule has 0 saturated heterocycles. The van der Waals surface area contributed by atoms with E-state index < -0.39 is 0 Å². The number of aryl methyl sites for hydroxylation is 1. The molecule has 9 nitrogen and oxygen atoms in total. The molecule has 0 unspecified atom stereocenters. The number of thioether (sulfide) groups is 1. The van der Waals surface area contributed by atoms with Crippen molar-refractivity contribution in [1.29, 1.82) is 0 Å². The molecular weight excluding hydrogens is 719 g/mol. The summed E-state index contributed by atoms with van der Waals surface area (Å²) in [5, 5.41) is 0.933. The summed E-state index contributed by atoms with van der Waals surface area (Å²) in [6, 6.07) is 20.9. The molecule has 236 valence electrons. The van der Waals surface area contributed by atoms with Crippen LogP contribution in [0.5, 0.6) is 0 Å². The number of carbonyl (C=O) groups is 4. The molecule has 2 aliphatic carbocycles. The fourth-order valence-electron chi connectivity index (χ4n) is 6.01. The van der Waals surface area contributed by atoms with Crippen LogP contribution in [-0.2, 0) is 6.54 Å². The molecule has 0 radical (unpaired) electrons. The van der Waals surface area contributed by atoms with E-state index >= 15 is 0 Å². The number of alkyl halides is 2. The van der Waals surface area contributed by atoms with Gasteiger partial charge < -0.3 is 20.0 Å². The third-order valence-corrected chi connectivity index (χ3v) is 9.69. The van der Waals surface area contributed by atoms with Crippen molar-refractivity contribution in [3.8, 4) is 0 Å². The number of hydrogen-bond donors (Lipinski definition) is 2. The molecule has 6 aromatic rings. The number of carbonyl (C=O) groups excluding carboxylic acids is 4.